The third kappa shape index (κ3) is 5.79. The van der Waals surface area contributed by atoms with Gasteiger partial charge < -0.3 is 4.74 Å². The predicted molar refractivity (Wildman–Crippen MR) is 110 cm³/mol. The molecule has 0 saturated carbocycles. The van der Waals surface area contributed by atoms with Gasteiger partial charge in [-0.2, -0.15) is 5.10 Å². The summed E-state index contributed by atoms with van der Waals surface area (Å²) in [6.07, 6.45) is 3.82. The lowest BCUT2D eigenvalue weighted by Gasteiger charge is -2.24. The number of esters is 1. The van der Waals surface area contributed by atoms with Crippen LogP contribution in [0.15, 0.2) is 73.1 Å². The van der Waals surface area contributed by atoms with Crippen molar-refractivity contribution in [3.05, 3.63) is 89.7 Å². The van der Waals surface area contributed by atoms with Crippen LogP contribution in [0.25, 0.3) is 0 Å². The van der Waals surface area contributed by atoms with Gasteiger partial charge in [-0.15, -0.1) is 0 Å². The van der Waals surface area contributed by atoms with Gasteiger partial charge in [-0.1, -0.05) is 60.7 Å². The van der Waals surface area contributed by atoms with Gasteiger partial charge >= 0.3 is 5.97 Å². The number of hydrogen-bond donors (Lipinski definition) is 1. The monoisotopic (exact) mass is 377 g/mol. The molecule has 1 N–H and O–H groups in total. The van der Waals surface area contributed by atoms with Gasteiger partial charge in [0.05, 0.1) is 12.7 Å². The summed E-state index contributed by atoms with van der Waals surface area (Å²) in [5.74, 6) is -0.282. The van der Waals surface area contributed by atoms with E-state index in [0.29, 0.717) is 6.54 Å². The summed E-state index contributed by atoms with van der Waals surface area (Å²) in [6.45, 7) is 6.87. The van der Waals surface area contributed by atoms with Gasteiger partial charge in [0.2, 0.25) is 0 Å². The zero-order chi connectivity index (χ0) is 20.0. The summed E-state index contributed by atoms with van der Waals surface area (Å²) in [7, 11) is 0. The van der Waals surface area contributed by atoms with Crippen molar-refractivity contribution in [3.63, 3.8) is 0 Å². The van der Waals surface area contributed by atoms with Crippen LogP contribution in [0.2, 0.25) is 0 Å². The van der Waals surface area contributed by atoms with Crippen LogP contribution in [0.4, 0.5) is 0 Å². The summed E-state index contributed by atoms with van der Waals surface area (Å²) >= 11 is 0. The maximum atomic E-state index is 12.7. The number of benzene rings is 2. The van der Waals surface area contributed by atoms with Gasteiger partial charge in [-0.05, 0) is 31.9 Å². The number of nitrogens with zero attached hydrogens (tertiary/aromatic N) is 2. The zero-order valence-electron chi connectivity index (χ0n) is 16.6. The SMILES string of the molecule is CC(C)(C)OC(=O)[C@@H](NCc1cnn(Cc2ccccc2)c1)c1ccccc1. The molecule has 0 bridgehead atoms. The lowest BCUT2D eigenvalue weighted by atomic mass is 10.1. The molecule has 28 heavy (non-hydrogen) atoms. The topological polar surface area (TPSA) is 56.1 Å². The van der Waals surface area contributed by atoms with Crippen LogP contribution in [0, 0.1) is 0 Å². The Morgan fingerprint density at radius 2 is 1.68 bits per heavy atom. The molecular formula is C23H27N3O2. The number of hydrogen-bond acceptors (Lipinski definition) is 4. The molecule has 0 aliphatic heterocycles. The van der Waals surface area contributed by atoms with Crippen LogP contribution in [-0.2, 0) is 22.6 Å². The molecule has 0 unspecified atom stereocenters. The standard InChI is InChI=1S/C23H27N3O2/c1-23(2,3)28-22(27)21(20-12-8-5-9-13-20)24-14-19-15-25-26(17-19)16-18-10-6-4-7-11-18/h4-13,15,17,21,24H,14,16H2,1-3H3/t21-/m0/s1. The largest absolute Gasteiger partial charge is 0.459 e. The predicted octanol–water partition coefficient (Wildman–Crippen LogP) is 4.10. The summed E-state index contributed by atoms with van der Waals surface area (Å²) < 4.78 is 7.50. The lowest BCUT2D eigenvalue weighted by Crippen LogP contribution is -2.34. The van der Waals surface area contributed by atoms with Crippen LogP contribution in [0.1, 0.15) is 43.5 Å². The van der Waals surface area contributed by atoms with Crippen LogP contribution < -0.4 is 5.32 Å². The van der Waals surface area contributed by atoms with Crippen LogP contribution in [-0.4, -0.2) is 21.4 Å². The highest BCUT2D eigenvalue weighted by Gasteiger charge is 2.26. The van der Waals surface area contributed by atoms with Gasteiger partial charge in [0.15, 0.2) is 0 Å². The lowest BCUT2D eigenvalue weighted by molar-refractivity contribution is -0.157. The third-order valence-corrected chi connectivity index (χ3v) is 4.16. The first kappa shape index (κ1) is 19.8. The highest BCUT2D eigenvalue weighted by atomic mass is 16.6. The molecule has 3 aromatic rings. The van der Waals surface area contributed by atoms with Gasteiger partial charge in [0.1, 0.15) is 11.6 Å². The Morgan fingerprint density at radius 1 is 1.04 bits per heavy atom. The van der Waals surface area contributed by atoms with Gasteiger partial charge in [-0.3, -0.25) is 10.00 Å². The molecule has 2 aromatic carbocycles. The van der Waals surface area contributed by atoms with Crippen molar-refractivity contribution in [2.45, 2.75) is 45.5 Å². The fourth-order valence-corrected chi connectivity index (χ4v) is 2.92. The molecule has 0 fully saturated rings. The van der Waals surface area contributed by atoms with E-state index in [1.807, 2.05) is 86.4 Å². The number of aromatic nitrogens is 2. The van der Waals surface area contributed by atoms with Crippen molar-refractivity contribution in [1.29, 1.82) is 0 Å². The van der Waals surface area contributed by atoms with Crippen LogP contribution in [0.5, 0.6) is 0 Å². The summed E-state index contributed by atoms with van der Waals surface area (Å²) in [4.78, 5) is 12.7. The Bertz CT molecular complexity index is 883. The molecule has 1 heterocycles. The molecule has 1 atom stereocenters. The highest BCUT2D eigenvalue weighted by Crippen LogP contribution is 2.19. The highest BCUT2D eigenvalue weighted by molar-refractivity contribution is 5.78. The molecule has 0 aliphatic rings. The molecule has 5 nitrogen and oxygen atoms in total. The quantitative estimate of drug-likeness (QED) is 0.630. The van der Waals surface area contributed by atoms with Gasteiger partial charge in [0.25, 0.3) is 0 Å². The Balaban J connectivity index is 1.67. The normalized spacial score (nSPS) is 12.5. The molecule has 0 saturated heterocycles. The van der Waals surface area contributed by atoms with Gasteiger partial charge in [-0.25, -0.2) is 4.79 Å². The maximum absolute atomic E-state index is 12.7. The second-order valence-electron chi connectivity index (χ2n) is 7.79. The summed E-state index contributed by atoms with van der Waals surface area (Å²) in [6, 6.07) is 19.3. The number of carbonyl (C=O) groups is 1. The van der Waals surface area contributed by atoms with Crippen molar-refractivity contribution >= 4 is 5.97 Å². The molecule has 0 spiro atoms. The van der Waals surface area contributed by atoms with E-state index in [4.69, 9.17) is 4.74 Å². The van der Waals surface area contributed by atoms with Crippen LogP contribution in [0.3, 0.4) is 0 Å². The van der Waals surface area contributed by atoms with Crippen molar-refractivity contribution in [2.75, 3.05) is 0 Å². The molecule has 0 amide bonds. The van der Waals surface area contributed by atoms with E-state index in [-0.39, 0.29) is 5.97 Å². The van der Waals surface area contributed by atoms with E-state index in [1.54, 1.807) is 0 Å². The Labute approximate surface area is 166 Å². The van der Waals surface area contributed by atoms with E-state index in [0.717, 1.165) is 17.7 Å². The second kappa shape index (κ2) is 8.85. The molecule has 1 aromatic heterocycles. The first-order valence-corrected chi connectivity index (χ1v) is 9.47. The Morgan fingerprint density at radius 3 is 2.32 bits per heavy atom. The number of ether oxygens (including phenoxy) is 1. The fraction of sp³-hybridized carbons (Fsp3) is 0.304. The molecular weight excluding hydrogens is 350 g/mol. The van der Waals surface area contributed by atoms with Crippen LogP contribution >= 0.6 is 0 Å². The van der Waals surface area contributed by atoms with Crippen molar-refractivity contribution in [3.8, 4) is 0 Å². The first-order chi connectivity index (χ1) is 13.4. The summed E-state index contributed by atoms with van der Waals surface area (Å²) in [5.41, 5.74) is 2.56. The minimum absolute atomic E-state index is 0.282. The zero-order valence-corrected chi connectivity index (χ0v) is 16.6. The Hall–Kier alpha value is -2.92. The van der Waals surface area contributed by atoms with E-state index in [2.05, 4.69) is 22.5 Å². The molecule has 146 valence electrons. The van der Waals surface area contributed by atoms with Gasteiger partial charge in [0, 0.05) is 18.3 Å². The third-order valence-electron chi connectivity index (χ3n) is 4.16. The van der Waals surface area contributed by atoms with Crippen molar-refractivity contribution in [2.24, 2.45) is 0 Å². The number of carbonyl (C=O) groups excluding carboxylic acids is 1. The van der Waals surface area contributed by atoms with E-state index in [9.17, 15) is 4.79 Å². The molecule has 0 aliphatic carbocycles. The van der Waals surface area contributed by atoms with Crippen molar-refractivity contribution < 1.29 is 9.53 Å². The number of nitrogens with one attached hydrogen (secondary N) is 1. The maximum Gasteiger partial charge on any atom is 0.328 e. The molecule has 5 heteroatoms. The van der Waals surface area contributed by atoms with E-state index in [1.165, 1.54) is 5.56 Å². The average molecular weight is 377 g/mol. The fourth-order valence-electron chi connectivity index (χ4n) is 2.92. The summed E-state index contributed by atoms with van der Waals surface area (Å²) in [5, 5.41) is 7.75. The minimum Gasteiger partial charge on any atom is -0.459 e. The smallest absolute Gasteiger partial charge is 0.328 e. The minimum atomic E-state index is -0.535. The van der Waals surface area contributed by atoms with Crippen molar-refractivity contribution in [1.82, 2.24) is 15.1 Å². The van der Waals surface area contributed by atoms with E-state index >= 15 is 0 Å². The average Bonchev–Trinajstić information content (AvgIpc) is 3.09. The first-order valence-electron chi connectivity index (χ1n) is 9.47. The second-order valence-corrected chi connectivity index (χ2v) is 7.79. The Kier molecular flexibility index (Phi) is 6.26. The number of rotatable bonds is 7. The molecule has 3 rings (SSSR count). The molecule has 0 radical (unpaired) electrons. The van der Waals surface area contributed by atoms with E-state index < -0.39 is 11.6 Å².